The summed E-state index contributed by atoms with van der Waals surface area (Å²) in [5, 5.41) is 14.3. The van der Waals surface area contributed by atoms with Crippen LogP contribution in [-0.2, 0) is 10.3 Å². The predicted molar refractivity (Wildman–Crippen MR) is 131 cm³/mol. The third kappa shape index (κ3) is 3.01. The van der Waals surface area contributed by atoms with Gasteiger partial charge in [-0.25, -0.2) is 0 Å². The molecule has 3 unspecified atom stereocenters. The fourth-order valence-electron chi connectivity index (χ4n) is 6.61. The number of ketones is 1. The van der Waals surface area contributed by atoms with Gasteiger partial charge in [-0.1, -0.05) is 60.2 Å². The number of nitro benzene ring substituents is 1. The number of carbonyl (C=O) groups excluding carboxylic acids is 2. The molecule has 1 spiro atoms. The number of nitro groups is 1. The third-order valence-corrected chi connectivity index (χ3v) is 8.02. The van der Waals surface area contributed by atoms with Crippen LogP contribution in [0.4, 0.5) is 11.4 Å². The zero-order valence-electron chi connectivity index (χ0n) is 19.3. The Morgan fingerprint density at radius 2 is 1.77 bits per heavy atom. The van der Waals surface area contributed by atoms with Crippen molar-refractivity contribution < 1.29 is 14.5 Å². The Balaban J connectivity index is 1.58. The topological polar surface area (TPSA) is 92.5 Å². The minimum absolute atomic E-state index is 0.00936. The number of amides is 1. The van der Waals surface area contributed by atoms with E-state index < -0.39 is 16.4 Å². The smallest absolute Gasteiger partial charge is 0.269 e. The number of non-ortho nitro benzene ring substituents is 1. The second-order valence-electron chi connectivity index (χ2n) is 9.75. The van der Waals surface area contributed by atoms with E-state index in [1.807, 2.05) is 55.5 Å². The van der Waals surface area contributed by atoms with Gasteiger partial charge in [0.2, 0.25) is 5.91 Å². The Bertz CT molecular complexity index is 1350. The van der Waals surface area contributed by atoms with Crippen LogP contribution in [0, 0.1) is 23.0 Å². The van der Waals surface area contributed by atoms with Gasteiger partial charge in [-0.15, -0.1) is 0 Å². The minimum Gasteiger partial charge on any atom is -0.324 e. The quantitative estimate of drug-likeness (QED) is 0.338. The summed E-state index contributed by atoms with van der Waals surface area (Å²) in [5.74, 6) is -1.18. The van der Waals surface area contributed by atoms with Gasteiger partial charge in [0.05, 0.1) is 10.8 Å². The number of hydrogen-bond acceptors (Lipinski definition) is 5. The van der Waals surface area contributed by atoms with Gasteiger partial charge in [0.25, 0.3) is 5.69 Å². The van der Waals surface area contributed by atoms with Crippen molar-refractivity contribution in [1.29, 1.82) is 0 Å². The van der Waals surface area contributed by atoms with Crippen LogP contribution >= 0.6 is 0 Å². The molecule has 7 heteroatoms. The molecule has 0 aliphatic carbocycles. The molecule has 7 nitrogen and oxygen atoms in total. The first-order valence-corrected chi connectivity index (χ1v) is 12.0. The number of hydrogen-bond donors (Lipinski definition) is 1. The summed E-state index contributed by atoms with van der Waals surface area (Å²) in [5.41, 5.74) is 2.96. The molecule has 35 heavy (non-hydrogen) atoms. The third-order valence-electron chi connectivity index (χ3n) is 8.02. The normalized spacial score (nSPS) is 27.0. The Kier molecular flexibility index (Phi) is 4.86. The maximum absolute atomic E-state index is 14.3. The fourth-order valence-corrected chi connectivity index (χ4v) is 6.61. The number of Topliss-reactive ketones (excluding diaryl/α,β-unsaturated/α-hetero) is 1. The summed E-state index contributed by atoms with van der Waals surface area (Å²) in [7, 11) is 0. The number of anilines is 1. The highest BCUT2D eigenvalue weighted by molar-refractivity contribution is 6.12. The van der Waals surface area contributed by atoms with Crippen LogP contribution in [-0.4, -0.2) is 34.1 Å². The van der Waals surface area contributed by atoms with Crippen molar-refractivity contribution in [3.63, 3.8) is 0 Å². The molecular weight excluding hydrogens is 442 g/mol. The van der Waals surface area contributed by atoms with E-state index in [0.29, 0.717) is 12.1 Å². The van der Waals surface area contributed by atoms with E-state index in [4.69, 9.17) is 0 Å². The number of para-hydroxylation sites is 1. The Hall–Kier alpha value is -3.84. The average molecular weight is 468 g/mol. The Morgan fingerprint density at radius 1 is 1.06 bits per heavy atom. The first-order chi connectivity index (χ1) is 16.9. The number of aryl methyl sites for hydroxylation is 1. The van der Waals surface area contributed by atoms with Crippen molar-refractivity contribution in [3.8, 4) is 0 Å². The van der Waals surface area contributed by atoms with Crippen molar-refractivity contribution in [3.05, 3.63) is 105 Å². The first kappa shape index (κ1) is 21.7. The first-order valence-electron chi connectivity index (χ1n) is 12.0. The summed E-state index contributed by atoms with van der Waals surface area (Å²) >= 11 is 0. The molecule has 1 amide bonds. The number of nitrogens with zero attached hydrogens (tertiary/aromatic N) is 2. The van der Waals surface area contributed by atoms with Gasteiger partial charge in [0.1, 0.15) is 5.54 Å². The van der Waals surface area contributed by atoms with Gasteiger partial charge in [0, 0.05) is 40.9 Å². The molecule has 0 bridgehead atoms. The number of nitrogens with one attached hydrogen (secondary N) is 1. The summed E-state index contributed by atoms with van der Waals surface area (Å²) < 4.78 is 0. The van der Waals surface area contributed by atoms with Gasteiger partial charge in [0.15, 0.2) is 5.78 Å². The highest BCUT2D eigenvalue weighted by Gasteiger charge is 2.69. The maximum Gasteiger partial charge on any atom is 0.269 e. The summed E-state index contributed by atoms with van der Waals surface area (Å²) in [4.78, 5) is 41.4. The summed E-state index contributed by atoms with van der Waals surface area (Å²) in [6.45, 7) is 2.69. The molecule has 6 rings (SSSR count). The van der Waals surface area contributed by atoms with Crippen molar-refractivity contribution >= 4 is 23.1 Å². The molecule has 3 aromatic rings. The molecule has 0 saturated carbocycles. The summed E-state index contributed by atoms with van der Waals surface area (Å²) in [6, 6.07) is 21.6. The fraction of sp³-hybridized carbons (Fsp3) is 0.286. The van der Waals surface area contributed by atoms with E-state index >= 15 is 0 Å². The van der Waals surface area contributed by atoms with Gasteiger partial charge in [-0.3, -0.25) is 24.6 Å². The molecule has 0 radical (unpaired) electrons. The van der Waals surface area contributed by atoms with Crippen LogP contribution < -0.4 is 5.32 Å². The van der Waals surface area contributed by atoms with Gasteiger partial charge in [-0.05, 0) is 37.9 Å². The Morgan fingerprint density at radius 3 is 2.49 bits per heavy atom. The predicted octanol–water partition coefficient (Wildman–Crippen LogP) is 4.81. The molecule has 3 aromatic carbocycles. The van der Waals surface area contributed by atoms with E-state index in [1.54, 1.807) is 12.1 Å². The number of carbonyl (C=O) groups is 2. The van der Waals surface area contributed by atoms with Crippen molar-refractivity contribution in [2.24, 2.45) is 5.92 Å². The lowest BCUT2D eigenvalue weighted by atomic mass is 9.68. The molecule has 3 aliphatic heterocycles. The van der Waals surface area contributed by atoms with Crippen LogP contribution in [0.15, 0.2) is 72.8 Å². The van der Waals surface area contributed by atoms with E-state index in [0.717, 1.165) is 35.2 Å². The van der Waals surface area contributed by atoms with Gasteiger partial charge >= 0.3 is 0 Å². The zero-order chi connectivity index (χ0) is 24.3. The zero-order valence-corrected chi connectivity index (χ0v) is 19.3. The molecule has 176 valence electrons. The highest BCUT2D eigenvalue weighted by atomic mass is 16.6. The molecule has 3 aliphatic rings. The second kappa shape index (κ2) is 7.85. The lowest BCUT2D eigenvalue weighted by molar-refractivity contribution is -0.384. The SMILES string of the molecule is Cc1ccc(C(=O)C2C(c3ccc([N+](=O)[O-])cc3)C3CCCN3[C@@]23C(=O)Nc2ccccc23)cc1. The molecule has 3 heterocycles. The second-order valence-corrected chi connectivity index (χ2v) is 9.75. The van der Waals surface area contributed by atoms with Crippen molar-refractivity contribution in [2.45, 2.75) is 37.3 Å². The lowest BCUT2D eigenvalue weighted by Gasteiger charge is -2.36. The van der Waals surface area contributed by atoms with Crippen LogP contribution in [0.5, 0.6) is 0 Å². The number of benzene rings is 3. The Labute approximate surface area is 202 Å². The van der Waals surface area contributed by atoms with E-state index in [-0.39, 0.29) is 29.3 Å². The van der Waals surface area contributed by atoms with Gasteiger partial charge in [-0.2, -0.15) is 0 Å². The lowest BCUT2D eigenvalue weighted by Crippen LogP contribution is -2.52. The van der Waals surface area contributed by atoms with Crippen LogP contribution in [0.3, 0.4) is 0 Å². The van der Waals surface area contributed by atoms with E-state index in [1.165, 1.54) is 12.1 Å². The van der Waals surface area contributed by atoms with Gasteiger partial charge < -0.3 is 5.32 Å². The molecule has 0 aromatic heterocycles. The van der Waals surface area contributed by atoms with Crippen molar-refractivity contribution in [2.75, 3.05) is 11.9 Å². The average Bonchev–Trinajstić information content (AvgIpc) is 3.52. The standard InChI is InChI=1S/C28H25N3O4/c1-17-8-10-19(11-9-17)26(32)25-24(18-12-14-20(15-13-18)31(34)35)23-7-4-16-30(23)28(25)21-5-2-3-6-22(21)29-27(28)33/h2-3,5-6,8-15,23-25H,4,7,16H2,1H3,(H,29,33)/t23?,24?,25?,28-/m1/s1. The molecule has 2 fully saturated rings. The molecule has 2 saturated heterocycles. The van der Waals surface area contributed by atoms with E-state index in [2.05, 4.69) is 10.2 Å². The monoisotopic (exact) mass is 467 g/mol. The highest BCUT2D eigenvalue weighted by Crippen LogP contribution is 2.61. The number of fused-ring (bicyclic) bond motifs is 4. The van der Waals surface area contributed by atoms with Crippen LogP contribution in [0.25, 0.3) is 0 Å². The molecular formula is C28H25N3O4. The maximum atomic E-state index is 14.3. The largest absolute Gasteiger partial charge is 0.324 e. The van der Waals surface area contributed by atoms with Crippen molar-refractivity contribution in [1.82, 2.24) is 4.90 Å². The minimum atomic E-state index is -1.12. The molecule has 4 atom stereocenters. The van der Waals surface area contributed by atoms with Crippen LogP contribution in [0.1, 0.15) is 45.8 Å². The summed E-state index contributed by atoms with van der Waals surface area (Å²) in [6.07, 6.45) is 1.79. The molecule has 1 N–H and O–H groups in total. The van der Waals surface area contributed by atoms with Crippen LogP contribution in [0.2, 0.25) is 0 Å². The number of rotatable bonds is 4. The van der Waals surface area contributed by atoms with E-state index in [9.17, 15) is 19.7 Å².